The first-order chi connectivity index (χ1) is 10.1. The molecule has 1 aromatic rings. The van der Waals surface area contributed by atoms with Gasteiger partial charge in [-0.3, -0.25) is 9.59 Å². The predicted octanol–water partition coefficient (Wildman–Crippen LogP) is 2.34. The third-order valence-electron chi connectivity index (χ3n) is 3.57. The number of anilines is 1. The van der Waals surface area contributed by atoms with Crippen LogP contribution >= 0.6 is 0 Å². The van der Waals surface area contributed by atoms with Gasteiger partial charge in [-0.1, -0.05) is 6.92 Å². The Morgan fingerprint density at radius 3 is 2.90 bits per heavy atom. The van der Waals surface area contributed by atoms with Crippen LogP contribution in [0.15, 0.2) is 18.3 Å². The highest BCUT2D eigenvalue weighted by Crippen LogP contribution is 2.20. The Morgan fingerprint density at radius 2 is 2.24 bits per heavy atom. The van der Waals surface area contributed by atoms with Gasteiger partial charge in [0.2, 0.25) is 11.8 Å². The molecule has 1 unspecified atom stereocenters. The maximum atomic E-state index is 12.8. The summed E-state index contributed by atoms with van der Waals surface area (Å²) in [6.45, 7) is 2.56. The topological polar surface area (TPSA) is 62.3 Å². The first-order valence-corrected chi connectivity index (χ1v) is 7.33. The van der Waals surface area contributed by atoms with Crippen LogP contribution in [0.25, 0.3) is 0 Å². The summed E-state index contributed by atoms with van der Waals surface area (Å²) in [6.07, 6.45) is 4.78. The molecule has 1 saturated heterocycles. The smallest absolute Gasteiger partial charge is 0.248 e. The van der Waals surface area contributed by atoms with E-state index in [9.17, 15) is 14.0 Å². The predicted molar refractivity (Wildman–Crippen MR) is 77.1 cm³/mol. The van der Waals surface area contributed by atoms with Gasteiger partial charge in [0.15, 0.2) is 0 Å². The summed E-state index contributed by atoms with van der Waals surface area (Å²) in [5.74, 6) is -0.386. The maximum Gasteiger partial charge on any atom is 0.248 e. The molecule has 0 spiro atoms. The van der Waals surface area contributed by atoms with Crippen molar-refractivity contribution in [2.45, 2.75) is 45.1 Å². The molecule has 0 aromatic carbocycles. The minimum atomic E-state index is -0.454. The van der Waals surface area contributed by atoms with E-state index in [1.807, 2.05) is 6.92 Å². The maximum absolute atomic E-state index is 12.8. The Morgan fingerprint density at radius 1 is 1.43 bits per heavy atom. The Hall–Kier alpha value is -1.98. The number of pyridine rings is 1. The van der Waals surface area contributed by atoms with Gasteiger partial charge in [0.1, 0.15) is 17.7 Å². The summed E-state index contributed by atoms with van der Waals surface area (Å²) in [4.78, 5) is 29.9. The third kappa shape index (κ3) is 4.00. The third-order valence-corrected chi connectivity index (χ3v) is 3.57. The van der Waals surface area contributed by atoms with Crippen LogP contribution in [0.4, 0.5) is 10.2 Å². The highest BCUT2D eigenvalue weighted by Gasteiger charge is 2.31. The van der Waals surface area contributed by atoms with Crippen molar-refractivity contribution in [1.82, 2.24) is 9.88 Å². The molecule has 0 saturated carbocycles. The lowest BCUT2D eigenvalue weighted by Gasteiger charge is -2.34. The largest absolute Gasteiger partial charge is 0.331 e. The van der Waals surface area contributed by atoms with Crippen molar-refractivity contribution in [2.75, 3.05) is 11.9 Å². The van der Waals surface area contributed by atoms with Crippen LogP contribution in [-0.4, -0.2) is 34.3 Å². The lowest BCUT2D eigenvalue weighted by atomic mass is 10.0. The van der Waals surface area contributed by atoms with E-state index in [2.05, 4.69) is 10.3 Å². The van der Waals surface area contributed by atoms with E-state index in [0.717, 1.165) is 25.5 Å². The van der Waals surface area contributed by atoms with Gasteiger partial charge in [0.05, 0.1) is 6.20 Å². The number of piperidine rings is 1. The monoisotopic (exact) mass is 293 g/mol. The number of nitrogens with one attached hydrogen (secondary N) is 1. The fourth-order valence-corrected chi connectivity index (χ4v) is 2.52. The molecule has 2 amide bonds. The lowest BCUT2D eigenvalue weighted by molar-refractivity contribution is -0.140. The van der Waals surface area contributed by atoms with Crippen molar-refractivity contribution in [3.8, 4) is 0 Å². The summed E-state index contributed by atoms with van der Waals surface area (Å²) < 4.78 is 12.8. The summed E-state index contributed by atoms with van der Waals surface area (Å²) in [5, 5.41) is 2.66. The van der Waals surface area contributed by atoms with Crippen molar-refractivity contribution < 1.29 is 14.0 Å². The number of likely N-dealkylation sites (tertiary alicyclic amines) is 1. The van der Waals surface area contributed by atoms with E-state index in [-0.39, 0.29) is 11.8 Å². The first kappa shape index (κ1) is 15.4. The van der Waals surface area contributed by atoms with Crippen molar-refractivity contribution in [3.05, 3.63) is 24.1 Å². The van der Waals surface area contributed by atoms with Gasteiger partial charge in [0.25, 0.3) is 0 Å². The molecule has 21 heavy (non-hydrogen) atoms. The zero-order chi connectivity index (χ0) is 15.2. The molecule has 114 valence electrons. The minimum Gasteiger partial charge on any atom is -0.331 e. The minimum absolute atomic E-state index is 0.0180. The molecule has 2 heterocycles. The summed E-state index contributed by atoms with van der Waals surface area (Å²) in [7, 11) is 0. The van der Waals surface area contributed by atoms with Crippen LogP contribution in [0.3, 0.4) is 0 Å². The molecule has 1 N–H and O–H groups in total. The summed E-state index contributed by atoms with van der Waals surface area (Å²) in [6, 6.07) is 2.20. The Balaban J connectivity index is 2.04. The Labute approximate surface area is 123 Å². The molecule has 0 bridgehead atoms. The number of carbonyl (C=O) groups excluding carboxylic acids is 2. The molecule has 2 rings (SSSR count). The average Bonchev–Trinajstić information content (AvgIpc) is 2.50. The van der Waals surface area contributed by atoms with Crippen molar-refractivity contribution >= 4 is 17.6 Å². The average molecular weight is 293 g/mol. The van der Waals surface area contributed by atoms with Gasteiger partial charge in [-0.15, -0.1) is 0 Å². The Bertz CT molecular complexity index is 504. The molecule has 1 aliphatic rings. The van der Waals surface area contributed by atoms with Crippen LogP contribution in [0.5, 0.6) is 0 Å². The van der Waals surface area contributed by atoms with Crippen molar-refractivity contribution in [1.29, 1.82) is 0 Å². The van der Waals surface area contributed by atoms with Crippen LogP contribution in [0.2, 0.25) is 0 Å². The number of halogens is 1. The molecular formula is C15H20FN3O2. The molecule has 0 radical (unpaired) electrons. The number of amides is 2. The number of rotatable bonds is 4. The zero-order valence-corrected chi connectivity index (χ0v) is 12.1. The highest BCUT2D eigenvalue weighted by atomic mass is 19.1. The standard InChI is InChI=1S/C15H20FN3O2/c1-2-5-14(20)19-9-4-3-6-12(19)15(21)18-13-8-7-11(16)10-17-13/h7-8,10,12H,2-6,9H2,1H3,(H,17,18,21). The lowest BCUT2D eigenvalue weighted by Crippen LogP contribution is -2.50. The van der Waals surface area contributed by atoms with E-state index in [0.29, 0.717) is 25.2 Å². The molecule has 1 fully saturated rings. The van der Waals surface area contributed by atoms with E-state index < -0.39 is 11.9 Å². The fraction of sp³-hybridized carbons (Fsp3) is 0.533. The molecule has 1 atom stereocenters. The van der Waals surface area contributed by atoms with Crippen LogP contribution in [-0.2, 0) is 9.59 Å². The second-order valence-corrected chi connectivity index (χ2v) is 5.20. The van der Waals surface area contributed by atoms with Gasteiger partial charge in [-0.25, -0.2) is 9.37 Å². The molecule has 1 aromatic heterocycles. The van der Waals surface area contributed by atoms with Crippen LogP contribution < -0.4 is 5.32 Å². The van der Waals surface area contributed by atoms with Gasteiger partial charge in [0, 0.05) is 13.0 Å². The number of hydrogen-bond donors (Lipinski definition) is 1. The van der Waals surface area contributed by atoms with E-state index in [4.69, 9.17) is 0 Å². The van der Waals surface area contributed by atoms with E-state index >= 15 is 0 Å². The van der Waals surface area contributed by atoms with Crippen molar-refractivity contribution in [2.24, 2.45) is 0 Å². The highest BCUT2D eigenvalue weighted by molar-refractivity contribution is 5.96. The van der Waals surface area contributed by atoms with Gasteiger partial charge >= 0.3 is 0 Å². The van der Waals surface area contributed by atoms with Crippen molar-refractivity contribution in [3.63, 3.8) is 0 Å². The molecule has 1 aliphatic heterocycles. The first-order valence-electron chi connectivity index (χ1n) is 7.33. The normalized spacial score (nSPS) is 18.4. The second kappa shape index (κ2) is 7.15. The molecular weight excluding hydrogens is 273 g/mol. The van der Waals surface area contributed by atoms with Gasteiger partial charge < -0.3 is 10.2 Å². The van der Waals surface area contributed by atoms with E-state index in [1.165, 1.54) is 12.1 Å². The Kier molecular flexibility index (Phi) is 5.25. The molecule has 0 aliphatic carbocycles. The SMILES string of the molecule is CCCC(=O)N1CCCCC1C(=O)Nc1ccc(F)cn1. The fourth-order valence-electron chi connectivity index (χ4n) is 2.52. The molecule has 6 heteroatoms. The number of carbonyl (C=O) groups is 2. The molecule has 5 nitrogen and oxygen atoms in total. The van der Waals surface area contributed by atoms with Crippen LogP contribution in [0, 0.1) is 5.82 Å². The van der Waals surface area contributed by atoms with Crippen LogP contribution in [0.1, 0.15) is 39.0 Å². The second-order valence-electron chi connectivity index (χ2n) is 5.20. The summed E-state index contributed by atoms with van der Waals surface area (Å²) in [5.41, 5.74) is 0. The zero-order valence-electron chi connectivity index (χ0n) is 12.1. The number of hydrogen-bond acceptors (Lipinski definition) is 3. The summed E-state index contributed by atoms with van der Waals surface area (Å²) >= 11 is 0. The number of aromatic nitrogens is 1. The van der Waals surface area contributed by atoms with Gasteiger partial charge in [-0.2, -0.15) is 0 Å². The van der Waals surface area contributed by atoms with E-state index in [1.54, 1.807) is 4.90 Å². The van der Waals surface area contributed by atoms with Gasteiger partial charge in [-0.05, 0) is 37.8 Å². The number of nitrogens with zero attached hydrogens (tertiary/aromatic N) is 2. The quantitative estimate of drug-likeness (QED) is 0.927.